The van der Waals surface area contributed by atoms with Crippen molar-refractivity contribution in [3.8, 4) is 0 Å². The number of nitrogens with two attached hydrogens (primary N) is 1. The van der Waals surface area contributed by atoms with Crippen LogP contribution in [0.5, 0.6) is 0 Å². The first kappa shape index (κ1) is 10.9. The Hall–Kier alpha value is -0.180. The topological polar surface area (TPSA) is 26.0 Å². The molecule has 1 rings (SSSR count). The summed E-state index contributed by atoms with van der Waals surface area (Å²) in [5.74, 6) is 0. The van der Waals surface area contributed by atoms with E-state index in [0.717, 1.165) is 12.8 Å². The lowest BCUT2D eigenvalue weighted by molar-refractivity contribution is 0.0760. The number of hydrogen-bond acceptors (Lipinski definition) is 1. The van der Waals surface area contributed by atoms with Gasteiger partial charge in [-0.05, 0) is 24.7 Å². The van der Waals surface area contributed by atoms with Crippen molar-refractivity contribution in [3.05, 3.63) is 0 Å². The lowest BCUT2D eigenvalue weighted by atomic mass is 9.72. The van der Waals surface area contributed by atoms with Crippen LogP contribution in [0.3, 0.4) is 0 Å². The zero-order valence-corrected chi connectivity index (χ0v) is 8.23. The third-order valence-corrected chi connectivity index (χ3v) is 3.11. The van der Waals surface area contributed by atoms with Gasteiger partial charge in [-0.15, -0.1) is 0 Å². The molecule has 0 bridgehead atoms. The molecule has 0 aliphatic heterocycles. The van der Waals surface area contributed by atoms with Gasteiger partial charge in [-0.2, -0.15) is 0 Å². The van der Waals surface area contributed by atoms with Gasteiger partial charge in [0.1, 0.15) is 0 Å². The Kier molecular flexibility index (Phi) is 3.65. The van der Waals surface area contributed by atoms with Crippen molar-refractivity contribution >= 4 is 0 Å². The lowest BCUT2D eigenvalue weighted by Crippen LogP contribution is -2.36. The fraction of sp³-hybridized carbons (Fsp3) is 1.00. The summed E-state index contributed by atoms with van der Waals surface area (Å²) in [6.07, 6.45) is 3.84. The Morgan fingerprint density at radius 3 is 2.23 bits per heavy atom. The average molecular weight is 191 g/mol. The van der Waals surface area contributed by atoms with E-state index < -0.39 is 12.5 Å². The zero-order chi connectivity index (χ0) is 9.90. The fourth-order valence-corrected chi connectivity index (χ4v) is 2.27. The summed E-state index contributed by atoms with van der Waals surface area (Å²) >= 11 is 0. The van der Waals surface area contributed by atoms with Gasteiger partial charge in [0.2, 0.25) is 0 Å². The van der Waals surface area contributed by atoms with Crippen LogP contribution in [0.4, 0.5) is 8.78 Å². The van der Waals surface area contributed by atoms with Gasteiger partial charge < -0.3 is 5.73 Å². The standard InChI is InChI=1S/C10H19F2N/c1-10(5-3-2-4-6-10)7-8(13)9(11)12/h8-9H,2-7,13H2,1H3. The summed E-state index contributed by atoms with van der Waals surface area (Å²) < 4.78 is 24.5. The molecule has 3 heteroatoms. The molecule has 1 aliphatic rings. The van der Waals surface area contributed by atoms with E-state index >= 15 is 0 Å². The number of rotatable bonds is 3. The van der Waals surface area contributed by atoms with Crippen molar-refractivity contribution < 1.29 is 8.78 Å². The lowest BCUT2D eigenvalue weighted by Gasteiger charge is -2.35. The third kappa shape index (κ3) is 3.22. The molecule has 0 saturated heterocycles. The predicted octanol–water partition coefficient (Wildman–Crippen LogP) is 2.94. The van der Waals surface area contributed by atoms with Crippen LogP contribution in [0.25, 0.3) is 0 Å². The first-order chi connectivity index (χ1) is 6.03. The van der Waals surface area contributed by atoms with Crippen molar-refractivity contribution in [3.63, 3.8) is 0 Å². The molecule has 2 N–H and O–H groups in total. The molecule has 0 spiro atoms. The Morgan fingerprint density at radius 2 is 1.77 bits per heavy atom. The molecule has 78 valence electrons. The highest BCUT2D eigenvalue weighted by molar-refractivity contribution is 4.83. The molecule has 1 atom stereocenters. The quantitative estimate of drug-likeness (QED) is 0.729. The Labute approximate surface area is 78.7 Å². The molecule has 1 nitrogen and oxygen atoms in total. The molecule has 1 aliphatic carbocycles. The molecule has 0 amide bonds. The minimum atomic E-state index is -2.36. The molecular weight excluding hydrogens is 172 g/mol. The first-order valence-electron chi connectivity index (χ1n) is 5.07. The summed E-state index contributed by atoms with van der Waals surface area (Å²) in [6, 6.07) is -0.928. The van der Waals surface area contributed by atoms with E-state index in [2.05, 4.69) is 6.92 Å². The second-order valence-corrected chi connectivity index (χ2v) is 4.57. The molecule has 0 heterocycles. The molecule has 1 fully saturated rings. The van der Waals surface area contributed by atoms with Gasteiger partial charge in [0.05, 0.1) is 6.04 Å². The minimum absolute atomic E-state index is 0.0775. The van der Waals surface area contributed by atoms with Gasteiger partial charge in [-0.25, -0.2) is 8.78 Å². The smallest absolute Gasteiger partial charge is 0.253 e. The van der Waals surface area contributed by atoms with Crippen LogP contribution in [0.15, 0.2) is 0 Å². The van der Waals surface area contributed by atoms with Gasteiger partial charge in [-0.3, -0.25) is 0 Å². The molecule has 0 aromatic rings. The SMILES string of the molecule is CC1(CC(N)C(F)F)CCCCC1. The van der Waals surface area contributed by atoms with Gasteiger partial charge in [0.15, 0.2) is 0 Å². The van der Waals surface area contributed by atoms with Crippen molar-refractivity contribution in [2.24, 2.45) is 11.1 Å². The van der Waals surface area contributed by atoms with Gasteiger partial charge >= 0.3 is 0 Å². The van der Waals surface area contributed by atoms with Crippen LogP contribution < -0.4 is 5.73 Å². The largest absolute Gasteiger partial charge is 0.323 e. The van der Waals surface area contributed by atoms with Crippen molar-refractivity contribution in [2.75, 3.05) is 0 Å². The van der Waals surface area contributed by atoms with Crippen LogP contribution in [0.1, 0.15) is 45.4 Å². The van der Waals surface area contributed by atoms with Gasteiger partial charge in [0.25, 0.3) is 6.43 Å². The minimum Gasteiger partial charge on any atom is -0.323 e. The van der Waals surface area contributed by atoms with Crippen LogP contribution in [0, 0.1) is 5.41 Å². The second kappa shape index (κ2) is 4.36. The number of halogens is 2. The normalized spacial score (nSPS) is 24.7. The Bertz CT molecular complexity index is 153. The molecule has 0 aromatic heterocycles. The molecular formula is C10H19F2N. The highest BCUT2D eigenvalue weighted by atomic mass is 19.3. The Morgan fingerprint density at radius 1 is 1.23 bits per heavy atom. The maximum atomic E-state index is 12.2. The van der Waals surface area contributed by atoms with Crippen LogP contribution >= 0.6 is 0 Å². The first-order valence-corrected chi connectivity index (χ1v) is 5.07. The number of hydrogen-bond donors (Lipinski definition) is 1. The van der Waals surface area contributed by atoms with Crippen LogP contribution in [-0.2, 0) is 0 Å². The fourth-order valence-electron chi connectivity index (χ4n) is 2.27. The van der Waals surface area contributed by atoms with E-state index in [0.29, 0.717) is 6.42 Å². The van der Waals surface area contributed by atoms with E-state index in [1.54, 1.807) is 0 Å². The van der Waals surface area contributed by atoms with Crippen molar-refractivity contribution in [2.45, 2.75) is 57.9 Å². The van der Waals surface area contributed by atoms with E-state index in [9.17, 15) is 8.78 Å². The third-order valence-electron chi connectivity index (χ3n) is 3.11. The van der Waals surface area contributed by atoms with E-state index in [4.69, 9.17) is 5.73 Å². The molecule has 1 saturated carbocycles. The molecule has 0 radical (unpaired) electrons. The summed E-state index contributed by atoms with van der Waals surface area (Å²) in [4.78, 5) is 0. The van der Waals surface area contributed by atoms with Crippen molar-refractivity contribution in [1.82, 2.24) is 0 Å². The molecule has 0 aromatic carbocycles. The number of alkyl halides is 2. The van der Waals surface area contributed by atoms with E-state index in [-0.39, 0.29) is 5.41 Å². The zero-order valence-electron chi connectivity index (χ0n) is 8.23. The van der Waals surface area contributed by atoms with Crippen molar-refractivity contribution in [1.29, 1.82) is 0 Å². The Balaban J connectivity index is 2.40. The monoisotopic (exact) mass is 191 g/mol. The van der Waals surface area contributed by atoms with Gasteiger partial charge in [0, 0.05) is 0 Å². The maximum Gasteiger partial charge on any atom is 0.253 e. The van der Waals surface area contributed by atoms with E-state index in [1.165, 1.54) is 19.3 Å². The average Bonchev–Trinajstić information content (AvgIpc) is 2.04. The molecule has 13 heavy (non-hydrogen) atoms. The molecule has 1 unspecified atom stereocenters. The highest BCUT2D eigenvalue weighted by Gasteiger charge is 2.31. The summed E-state index contributed by atoms with van der Waals surface area (Å²) in [6.45, 7) is 2.09. The maximum absolute atomic E-state index is 12.2. The summed E-state index contributed by atoms with van der Waals surface area (Å²) in [5.41, 5.74) is 5.46. The predicted molar refractivity (Wildman–Crippen MR) is 49.8 cm³/mol. The highest BCUT2D eigenvalue weighted by Crippen LogP contribution is 2.39. The van der Waals surface area contributed by atoms with E-state index in [1.807, 2.05) is 0 Å². The summed E-state index contributed by atoms with van der Waals surface area (Å²) in [7, 11) is 0. The summed E-state index contributed by atoms with van der Waals surface area (Å²) in [5, 5.41) is 0. The van der Waals surface area contributed by atoms with Crippen LogP contribution in [-0.4, -0.2) is 12.5 Å². The van der Waals surface area contributed by atoms with Crippen LogP contribution in [0.2, 0.25) is 0 Å². The second-order valence-electron chi connectivity index (χ2n) is 4.57. The van der Waals surface area contributed by atoms with Gasteiger partial charge in [-0.1, -0.05) is 26.2 Å².